The molecule has 0 bridgehead atoms. The normalized spacial score (nSPS) is 14.3. The van der Waals surface area contributed by atoms with Gasteiger partial charge in [-0.1, -0.05) is 62.1 Å². The first kappa shape index (κ1) is 19.0. The summed E-state index contributed by atoms with van der Waals surface area (Å²) < 4.78 is 5.13. The molecule has 126 valence electrons. The second kappa shape index (κ2) is 8.52. The fourth-order valence-corrected chi connectivity index (χ4v) is 4.30. The van der Waals surface area contributed by atoms with Crippen LogP contribution in [0.1, 0.15) is 12.5 Å². The quantitative estimate of drug-likeness (QED) is 0.589. The van der Waals surface area contributed by atoms with Crippen molar-refractivity contribution in [2.24, 2.45) is 0 Å². The van der Waals surface area contributed by atoms with Crippen LogP contribution < -0.4 is 5.32 Å². The maximum atomic E-state index is 12.0. The lowest BCUT2D eigenvalue weighted by Crippen LogP contribution is -2.50. The topological polar surface area (TPSA) is 75.6 Å². The fraction of sp³-hybridized carbons (Fsp3) is 0.412. The zero-order valence-electron chi connectivity index (χ0n) is 14.1. The van der Waals surface area contributed by atoms with Crippen molar-refractivity contribution in [3.8, 4) is 0 Å². The number of alkyl carbamates (subject to hydrolysis) is 1. The van der Waals surface area contributed by atoms with Gasteiger partial charge in [0.15, 0.2) is 0 Å². The number of carbonyl (C=O) groups is 2. The van der Waals surface area contributed by atoms with Crippen molar-refractivity contribution in [3.05, 3.63) is 48.0 Å². The van der Waals surface area contributed by atoms with Gasteiger partial charge in [0.05, 0.1) is 8.07 Å². The molecule has 6 heteroatoms. The monoisotopic (exact) mass is 335 g/mol. The van der Waals surface area contributed by atoms with Crippen molar-refractivity contribution in [1.29, 1.82) is 0 Å². The highest BCUT2D eigenvalue weighted by molar-refractivity contribution is 6.78. The maximum Gasteiger partial charge on any atom is 0.408 e. The van der Waals surface area contributed by atoms with Crippen molar-refractivity contribution in [3.63, 3.8) is 0 Å². The summed E-state index contributed by atoms with van der Waals surface area (Å²) in [6.45, 7) is 8.18. The summed E-state index contributed by atoms with van der Waals surface area (Å²) in [4.78, 5) is 23.6. The number of hydrogen-bond donors (Lipinski definition) is 2. The third-order valence-corrected chi connectivity index (χ3v) is 6.04. The summed E-state index contributed by atoms with van der Waals surface area (Å²) >= 11 is 0. The van der Waals surface area contributed by atoms with Gasteiger partial charge in [0.25, 0.3) is 0 Å². The fourth-order valence-electron chi connectivity index (χ4n) is 2.30. The SMILES string of the molecule is C/C=C/[C@H]([C@H](NC(=O)OCc1ccccc1)C(=O)O)[Si](C)(C)C. The number of hydrogen-bond acceptors (Lipinski definition) is 3. The molecule has 0 unspecified atom stereocenters. The van der Waals surface area contributed by atoms with Crippen LogP contribution in [0.4, 0.5) is 4.79 Å². The Balaban J connectivity index is 2.74. The number of amides is 1. The molecule has 0 saturated carbocycles. The predicted molar refractivity (Wildman–Crippen MR) is 93.1 cm³/mol. The Morgan fingerprint density at radius 3 is 2.35 bits per heavy atom. The van der Waals surface area contributed by atoms with E-state index in [0.717, 1.165) is 5.56 Å². The first-order chi connectivity index (χ1) is 10.8. The Hall–Kier alpha value is -2.08. The highest BCUT2D eigenvalue weighted by Crippen LogP contribution is 2.27. The van der Waals surface area contributed by atoms with Crippen molar-refractivity contribution in [2.45, 2.75) is 44.8 Å². The molecule has 0 aliphatic carbocycles. The van der Waals surface area contributed by atoms with Gasteiger partial charge in [-0.2, -0.15) is 0 Å². The molecule has 2 N–H and O–H groups in total. The van der Waals surface area contributed by atoms with Gasteiger partial charge in [0, 0.05) is 5.54 Å². The Kier molecular flexibility index (Phi) is 7.03. The van der Waals surface area contributed by atoms with Crippen LogP contribution in [0.3, 0.4) is 0 Å². The summed E-state index contributed by atoms with van der Waals surface area (Å²) in [5.74, 6) is -1.05. The van der Waals surface area contributed by atoms with Gasteiger partial charge in [0.1, 0.15) is 12.6 Å². The van der Waals surface area contributed by atoms with Gasteiger partial charge >= 0.3 is 12.1 Å². The van der Waals surface area contributed by atoms with Crippen molar-refractivity contribution in [2.75, 3.05) is 0 Å². The van der Waals surface area contributed by atoms with Crippen LogP contribution in [0.5, 0.6) is 0 Å². The zero-order valence-corrected chi connectivity index (χ0v) is 15.1. The van der Waals surface area contributed by atoms with Gasteiger partial charge in [-0.05, 0) is 12.5 Å². The Morgan fingerprint density at radius 1 is 1.26 bits per heavy atom. The number of benzene rings is 1. The number of aliphatic carboxylic acids is 1. The minimum Gasteiger partial charge on any atom is -0.480 e. The first-order valence-electron chi connectivity index (χ1n) is 7.58. The van der Waals surface area contributed by atoms with Crippen LogP contribution in [0.25, 0.3) is 0 Å². The second-order valence-corrected chi connectivity index (χ2v) is 11.8. The number of carbonyl (C=O) groups excluding carboxylic acids is 1. The van der Waals surface area contributed by atoms with Gasteiger partial charge in [-0.15, -0.1) is 0 Å². The summed E-state index contributed by atoms with van der Waals surface area (Å²) in [7, 11) is -1.83. The highest BCUT2D eigenvalue weighted by Gasteiger charge is 2.37. The van der Waals surface area contributed by atoms with E-state index in [1.54, 1.807) is 0 Å². The molecule has 0 spiro atoms. The molecule has 0 aliphatic rings. The van der Waals surface area contributed by atoms with E-state index in [9.17, 15) is 14.7 Å². The number of carboxylic acids is 1. The van der Waals surface area contributed by atoms with E-state index in [1.807, 2.05) is 49.4 Å². The standard InChI is InChI=1S/C17H25NO4Si/c1-5-9-14(23(2,3)4)15(16(19)20)18-17(21)22-12-13-10-7-6-8-11-13/h5-11,14-15H,12H2,1-4H3,(H,18,21)(H,19,20)/b9-5+/t14-,15+/m1/s1. The average Bonchev–Trinajstić information content (AvgIpc) is 2.48. The molecule has 1 aromatic carbocycles. The van der Waals surface area contributed by atoms with E-state index in [0.29, 0.717) is 0 Å². The summed E-state index contributed by atoms with van der Waals surface area (Å²) in [5.41, 5.74) is 0.638. The molecule has 0 radical (unpaired) electrons. The Bertz CT molecular complexity index is 551. The minimum atomic E-state index is -1.83. The van der Waals surface area contributed by atoms with Gasteiger partial charge in [-0.25, -0.2) is 9.59 Å². The molecule has 1 rings (SSSR count). The molecule has 2 atom stereocenters. The molecule has 1 aromatic rings. The highest BCUT2D eigenvalue weighted by atomic mass is 28.3. The van der Waals surface area contributed by atoms with Crippen LogP contribution in [0, 0.1) is 0 Å². The van der Waals surface area contributed by atoms with E-state index >= 15 is 0 Å². The Labute approximate surface area is 138 Å². The van der Waals surface area contributed by atoms with Gasteiger partial charge < -0.3 is 15.2 Å². The molecule has 23 heavy (non-hydrogen) atoms. The molecule has 0 fully saturated rings. The molecule has 5 nitrogen and oxygen atoms in total. The van der Waals surface area contributed by atoms with Crippen LogP contribution in [0.15, 0.2) is 42.5 Å². The van der Waals surface area contributed by atoms with Gasteiger partial charge in [-0.3, -0.25) is 0 Å². The van der Waals surface area contributed by atoms with E-state index in [-0.39, 0.29) is 12.1 Å². The van der Waals surface area contributed by atoms with Crippen LogP contribution in [-0.4, -0.2) is 31.3 Å². The van der Waals surface area contributed by atoms with Crippen molar-refractivity contribution < 1.29 is 19.4 Å². The molecule has 0 saturated heterocycles. The van der Waals surface area contributed by atoms with E-state index in [4.69, 9.17) is 4.74 Å². The number of ether oxygens (including phenoxy) is 1. The van der Waals surface area contributed by atoms with Crippen molar-refractivity contribution in [1.82, 2.24) is 5.32 Å². The van der Waals surface area contributed by atoms with Crippen molar-refractivity contribution >= 4 is 20.1 Å². The summed E-state index contributed by atoms with van der Waals surface area (Å²) in [6.07, 6.45) is 2.98. The van der Waals surface area contributed by atoms with Crippen LogP contribution in [0.2, 0.25) is 25.2 Å². The smallest absolute Gasteiger partial charge is 0.408 e. The molecule has 0 aliphatic heterocycles. The second-order valence-electron chi connectivity index (χ2n) is 6.44. The van der Waals surface area contributed by atoms with Gasteiger partial charge in [0.2, 0.25) is 0 Å². The molecule has 1 amide bonds. The van der Waals surface area contributed by atoms with Crippen LogP contribution in [-0.2, 0) is 16.1 Å². The molecular weight excluding hydrogens is 310 g/mol. The molecular formula is C17H25NO4Si. The maximum absolute atomic E-state index is 12.0. The third-order valence-electron chi connectivity index (χ3n) is 3.51. The summed E-state index contributed by atoms with van der Waals surface area (Å²) in [6, 6.07) is 8.27. The number of nitrogens with one attached hydrogen (secondary N) is 1. The third kappa shape index (κ3) is 6.28. The lowest BCUT2D eigenvalue weighted by atomic mass is 10.2. The molecule has 0 heterocycles. The molecule has 0 aromatic heterocycles. The Morgan fingerprint density at radius 2 is 1.87 bits per heavy atom. The summed E-state index contributed by atoms with van der Waals surface area (Å²) in [5, 5.41) is 12.0. The van der Waals surface area contributed by atoms with E-state index in [1.165, 1.54) is 0 Å². The first-order valence-corrected chi connectivity index (χ1v) is 11.2. The largest absolute Gasteiger partial charge is 0.480 e. The lowest BCUT2D eigenvalue weighted by Gasteiger charge is -2.31. The lowest BCUT2D eigenvalue weighted by molar-refractivity contribution is -0.139. The number of rotatable bonds is 7. The predicted octanol–water partition coefficient (Wildman–Crippen LogP) is 3.65. The van der Waals surface area contributed by atoms with E-state index < -0.39 is 26.2 Å². The zero-order chi connectivity index (χ0) is 17.5. The average molecular weight is 335 g/mol. The number of allylic oxidation sites excluding steroid dienone is 1. The van der Waals surface area contributed by atoms with Crippen LogP contribution >= 0.6 is 0 Å². The minimum absolute atomic E-state index is 0.111. The van der Waals surface area contributed by atoms with E-state index in [2.05, 4.69) is 25.0 Å². The number of carboxylic acid groups (broad SMARTS) is 1.